The summed E-state index contributed by atoms with van der Waals surface area (Å²) >= 11 is 0. The van der Waals surface area contributed by atoms with E-state index in [0.717, 1.165) is 18.0 Å². The summed E-state index contributed by atoms with van der Waals surface area (Å²) < 4.78 is 2.13. The standard InChI is InChI=1S/C24H37N7O3/c1-13-8-10-15(11-9-13)12-31-17-18(25-14(2)16-6-5-7-16)26-20(21-29-23(32)34-30-21)27-19(17)28-22(31)24(3,4)33/h13-16,21,30,33H,5-12H2,1-4H3,(H,29,32)(H,25,26,27)/t13?,14-,15?,21?/m1/s1. The Hall–Kier alpha value is -2.46. The summed E-state index contributed by atoms with van der Waals surface area (Å²) in [4.78, 5) is 30.8. The first-order valence-corrected chi connectivity index (χ1v) is 12.7. The van der Waals surface area contributed by atoms with Gasteiger partial charge in [-0.3, -0.25) is 5.32 Å². The van der Waals surface area contributed by atoms with Crippen LogP contribution in [0.3, 0.4) is 0 Å². The first-order chi connectivity index (χ1) is 16.2. The second-order valence-corrected chi connectivity index (χ2v) is 11.0. The molecule has 5 rings (SSSR count). The van der Waals surface area contributed by atoms with Crippen molar-refractivity contribution in [1.82, 2.24) is 30.3 Å². The molecule has 1 saturated heterocycles. The fourth-order valence-corrected chi connectivity index (χ4v) is 5.38. The van der Waals surface area contributed by atoms with Crippen LogP contribution in [-0.4, -0.2) is 36.8 Å². The Kier molecular flexibility index (Phi) is 6.14. The van der Waals surface area contributed by atoms with Crippen LogP contribution in [0.4, 0.5) is 10.6 Å². The summed E-state index contributed by atoms with van der Waals surface area (Å²) in [5.41, 5.74) is 2.83. The van der Waals surface area contributed by atoms with Crippen LogP contribution in [0.25, 0.3) is 11.2 Å². The van der Waals surface area contributed by atoms with Crippen LogP contribution in [0, 0.1) is 17.8 Å². The number of amides is 1. The molecule has 2 aromatic heterocycles. The molecule has 3 fully saturated rings. The average molecular weight is 472 g/mol. The molecular formula is C24H37N7O3. The van der Waals surface area contributed by atoms with Crippen molar-refractivity contribution in [2.24, 2.45) is 17.8 Å². The van der Waals surface area contributed by atoms with Crippen molar-refractivity contribution in [3.8, 4) is 0 Å². The molecule has 10 nitrogen and oxygen atoms in total. The molecule has 34 heavy (non-hydrogen) atoms. The maximum atomic E-state index is 11.6. The van der Waals surface area contributed by atoms with Gasteiger partial charge >= 0.3 is 6.09 Å². The van der Waals surface area contributed by atoms with E-state index in [1.54, 1.807) is 13.8 Å². The summed E-state index contributed by atoms with van der Waals surface area (Å²) in [6.07, 6.45) is 7.24. The lowest BCUT2D eigenvalue weighted by atomic mass is 9.80. The molecule has 1 aliphatic heterocycles. The first-order valence-electron chi connectivity index (χ1n) is 12.7. The minimum absolute atomic E-state index is 0.242. The van der Waals surface area contributed by atoms with E-state index in [4.69, 9.17) is 14.8 Å². The molecule has 186 valence electrons. The molecule has 4 N–H and O–H groups in total. The van der Waals surface area contributed by atoms with Crippen LogP contribution in [0.2, 0.25) is 0 Å². The van der Waals surface area contributed by atoms with Crippen LogP contribution < -0.4 is 16.1 Å². The molecule has 0 radical (unpaired) electrons. The van der Waals surface area contributed by atoms with Gasteiger partial charge in [-0.1, -0.05) is 26.2 Å². The van der Waals surface area contributed by atoms with Crippen molar-refractivity contribution in [3.63, 3.8) is 0 Å². The largest absolute Gasteiger partial charge is 0.427 e. The third kappa shape index (κ3) is 4.57. The molecule has 0 aromatic carbocycles. The lowest BCUT2D eigenvalue weighted by molar-refractivity contribution is 0.0637. The summed E-state index contributed by atoms with van der Waals surface area (Å²) in [7, 11) is 0. The molecule has 0 spiro atoms. The number of anilines is 1. The van der Waals surface area contributed by atoms with Crippen molar-refractivity contribution in [2.45, 2.75) is 97.0 Å². The number of nitrogens with one attached hydrogen (secondary N) is 3. The van der Waals surface area contributed by atoms with Crippen molar-refractivity contribution < 1.29 is 14.7 Å². The van der Waals surface area contributed by atoms with Crippen LogP contribution in [-0.2, 0) is 17.0 Å². The molecule has 2 aromatic rings. The van der Waals surface area contributed by atoms with E-state index >= 15 is 0 Å². The van der Waals surface area contributed by atoms with Crippen LogP contribution >= 0.6 is 0 Å². The number of hydroxylamine groups is 1. The Morgan fingerprint density at radius 2 is 1.91 bits per heavy atom. The maximum absolute atomic E-state index is 11.6. The SMILES string of the molecule is CC1CCC(Cn2c(C(C)(C)O)nc3nc(C4NOC(=O)N4)nc(N[C@H](C)C4CCC4)c32)CC1. The number of imidazole rings is 1. The van der Waals surface area contributed by atoms with Gasteiger partial charge in [0.1, 0.15) is 16.9 Å². The second-order valence-electron chi connectivity index (χ2n) is 11.0. The van der Waals surface area contributed by atoms with Crippen molar-refractivity contribution in [1.29, 1.82) is 0 Å². The summed E-state index contributed by atoms with van der Waals surface area (Å²) in [5, 5.41) is 17.3. The number of aliphatic hydroxyl groups is 1. The predicted octanol–water partition coefficient (Wildman–Crippen LogP) is 3.72. The summed E-state index contributed by atoms with van der Waals surface area (Å²) in [6, 6.07) is 0.242. The van der Waals surface area contributed by atoms with Gasteiger partial charge in [-0.05, 0) is 64.2 Å². The lowest BCUT2D eigenvalue weighted by Gasteiger charge is -2.32. The fourth-order valence-electron chi connectivity index (χ4n) is 5.38. The molecule has 10 heteroatoms. The number of hydrogen-bond donors (Lipinski definition) is 4. The summed E-state index contributed by atoms with van der Waals surface area (Å²) in [6.45, 7) is 8.82. The highest BCUT2D eigenvalue weighted by molar-refractivity contribution is 5.84. The Labute approximate surface area is 200 Å². The Morgan fingerprint density at radius 3 is 2.50 bits per heavy atom. The van der Waals surface area contributed by atoms with Crippen LogP contribution in [0.5, 0.6) is 0 Å². The average Bonchev–Trinajstić information content (AvgIpc) is 3.32. The number of fused-ring (bicyclic) bond motifs is 1. The zero-order valence-corrected chi connectivity index (χ0v) is 20.6. The first kappa shape index (κ1) is 23.3. The van der Waals surface area contributed by atoms with E-state index < -0.39 is 17.9 Å². The Bertz CT molecular complexity index is 1050. The molecule has 3 heterocycles. The lowest BCUT2D eigenvalue weighted by Crippen LogP contribution is -2.32. The molecule has 1 unspecified atom stereocenters. The van der Waals surface area contributed by atoms with Gasteiger partial charge < -0.3 is 19.8 Å². The highest BCUT2D eigenvalue weighted by Gasteiger charge is 2.33. The van der Waals surface area contributed by atoms with E-state index in [9.17, 15) is 9.90 Å². The fraction of sp³-hybridized carbons (Fsp3) is 0.750. The van der Waals surface area contributed by atoms with Gasteiger partial charge in [-0.25, -0.2) is 19.7 Å². The van der Waals surface area contributed by atoms with Gasteiger partial charge in [-0.15, -0.1) is 5.48 Å². The monoisotopic (exact) mass is 471 g/mol. The van der Waals surface area contributed by atoms with Gasteiger partial charge in [0.15, 0.2) is 23.5 Å². The Morgan fingerprint density at radius 1 is 1.18 bits per heavy atom. The number of carbonyl (C=O) groups is 1. The molecular weight excluding hydrogens is 434 g/mol. The molecule has 1 amide bonds. The minimum Gasteiger partial charge on any atom is -0.383 e. The quantitative estimate of drug-likeness (QED) is 0.481. The van der Waals surface area contributed by atoms with Gasteiger partial charge in [0, 0.05) is 12.6 Å². The highest BCUT2D eigenvalue weighted by Crippen LogP contribution is 2.36. The van der Waals surface area contributed by atoms with E-state index in [1.807, 2.05) is 0 Å². The van der Waals surface area contributed by atoms with E-state index in [2.05, 4.69) is 39.5 Å². The number of aromatic nitrogens is 4. The highest BCUT2D eigenvalue weighted by atomic mass is 16.7. The van der Waals surface area contributed by atoms with E-state index in [1.165, 1.54) is 44.9 Å². The Balaban J connectivity index is 1.59. The van der Waals surface area contributed by atoms with E-state index in [-0.39, 0.29) is 6.04 Å². The smallest absolute Gasteiger partial charge is 0.383 e. The van der Waals surface area contributed by atoms with E-state index in [0.29, 0.717) is 34.9 Å². The topological polar surface area (TPSA) is 126 Å². The maximum Gasteiger partial charge on any atom is 0.427 e. The van der Waals surface area contributed by atoms with Crippen molar-refractivity contribution in [3.05, 3.63) is 11.6 Å². The predicted molar refractivity (Wildman–Crippen MR) is 128 cm³/mol. The molecule has 2 atom stereocenters. The molecule has 2 aliphatic carbocycles. The minimum atomic E-state index is -1.14. The molecule has 2 saturated carbocycles. The zero-order valence-electron chi connectivity index (χ0n) is 20.6. The number of carbonyl (C=O) groups excluding carboxylic acids is 1. The van der Waals surface area contributed by atoms with Gasteiger partial charge in [-0.2, -0.15) is 0 Å². The third-order valence-corrected chi connectivity index (χ3v) is 7.75. The number of nitrogens with zero attached hydrogens (tertiary/aromatic N) is 4. The normalized spacial score (nSPS) is 26.7. The van der Waals surface area contributed by atoms with Crippen molar-refractivity contribution in [2.75, 3.05) is 5.32 Å². The third-order valence-electron chi connectivity index (χ3n) is 7.75. The second kappa shape index (κ2) is 8.96. The van der Waals surface area contributed by atoms with Gasteiger partial charge in [0.2, 0.25) is 0 Å². The molecule has 0 bridgehead atoms. The van der Waals surface area contributed by atoms with Gasteiger partial charge in [0.05, 0.1) is 0 Å². The van der Waals surface area contributed by atoms with Crippen LogP contribution in [0.1, 0.15) is 90.5 Å². The summed E-state index contributed by atoms with van der Waals surface area (Å²) in [5.74, 6) is 3.55. The van der Waals surface area contributed by atoms with Gasteiger partial charge in [0.25, 0.3) is 0 Å². The zero-order chi connectivity index (χ0) is 24.0. The number of hydrogen-bond acceptors (Lipinski definition) is 8. The molecule has 3 aliphatic rings. The van der Waals surface area contributed by atoms with Crippen LogP contribution in [0.15, 0.2) is 0 Å². The number of rotatable bonds is 7. The van der Waals surface area contributed by atoms with Crippen molar-refractivity contribution >= 4 is 23.1 Å².